The molecule has 6 heteroatoms. The Kier molecular flexibility index (Phi) is 4.25. The molecule has 0 radical (unpaired) electrons. The van der Waals surface area contributed by atoms with Gasteiger partial charge in [-0.1, -0.05) is 5.16 Å². The fourth-order valence-corrected chi connectivity index (χ4v) is 2.44. The van der Waals surface area contributed by atoms with Crippen LogP contribution in [0.2, 0.25) is 0 Å². The Morgan fingerprint density at radius 3 is 2.72 bits per heavy atom. The van der Waals surface area contributed by atoms with E-state index in [-0.39, 0.29) is 18.0 Å². The SMILES string of the molecule is COC1(c2nc(CC3CC3)no2)CCNCC1.Cl. The van der Waals surface area contributed by atoms with Crippen LogP contribution in [-0.4, -0.2) is 30.3 Å². The maximum atomic E-state index is 5.66. The van der Waals surface area contributed by atoms with Crippen LogP contribution in [0.25, 0.3) is 0 Å². The van der Waals surface area contributed by atoms with E-state index in [4.69, 9.17) is 9.26 Å². The summed E-state index contributed by atoms with van der Waals surface area (Å²) in [5, 5.41) is 7.40. The van der Waals surface area contributed by atoms with Crippen molar-refractivity contribution in [1.29, 1.82) is 0 Å². The molecule has 0 spiro atoms. The lowest BCUT2D eigenvalue weighted by atomic mass is 9.92. The molecule has 0 bridgehead atoms. The number of halogens is 1. The Hall–Kier alpha value is -0.650. The van der Waals surface area contributed by atoms with Crippen LogP contribution in [-0.2, 0) is 16.8 Å². The summed E-state index contributed by atoms with van der Waals surface area (Å²) in [6.45, 7) is 1.88. The molecule has 102 valence electrons. The highest BCUT2D eigenvalue weighted by atomic mass is 35.5. The summed E-state index contributed by atoms with van der Waals surface area (Å²) in [6.07, 6.45) is 5.37. The van der Waals surface area contributed by atoms with Crippen molar-refractivity contribution in [2.75, 3.05) is 20.2 Å². The molecule has 0 atom stereocenters. The van der Waals surface area contributed by atoms with Gasteiger partial charge in [-0.2, -0.15) is 4.98 Å². The van der Waals surface area contributed by atoms with Crippen molar-refractivity contribution in [2.24, 2.45) is 5.92 Å². The second-order valence-corrected chi connectivity index (χ2v) is 5.11. The zero-order chi connectivity index (χ0) is 11.7. The fourth-order valence-electron chi connectivity index (χ4n) is 2.44. The van der Waals surface area contributed by atoms with Gasteiger partial charge in [-0.3, -0.25) is 0 Å². The minimum absolute atomic E-state index is 0. The van der Waals surface area contributed by atoms with Crippen LogP contribution in [0.1, 0.15) is 37.4 Å². The topological polar surface area (TPSA) is 60.2 Å². The van der Waals surface area contributed by atoms with E-state index in [1.54, 1.807) is 7.11 Å². The van der Waals surface area contributed by atoms with E-state index in [2.05, 4.69) is 15.5 Å². The fraction of sp³-hybridized carbons (Fsp3) is 0.833. The molecule has 2 aliphatic rings. The zero-order valence-corrected chi connectivity index (χ0v) is 11.5. The number of rotatable bonds is 4. The molecule has 0 unspecified atom stereocenters. The molecule has 1 aliphatic carbocycles. The number of nitrogens with one attached hydrogen (secondary N) is 1. The van der Waals surface area contributed by atoms with Crippen LogP contribution in [0.5, 0.6) is 0 Å². The first-order valence-corrected chi connectivity index (χ1v) is 6.41. The van der Waals surface area contributed by atoms with Crippen molar-refractivity contribution in [2.45, 2.75) is 37.7 Å². The van der Waals surface area contributed by atoms with Crippen LogP contribution in [0, 0.1) is 5.92 Å². The molecule has 0 aromatic carbocycles. The van der Waals surface area contributed by atoms with Gasteiger partial charge in [0.05, 0.1) is 0 Å². The van der Waals surface area contributed by atoms with Crippen molar-refractivity contribution in [3.63, 3.8) is 0 Å². The molecule has 1 saturated carbocycles. The van der Waals surface area contributed by atoms with Crippen LogP contribution in [0.15, 0.2) is 4.52 Å². The standard InChI is InChI=1S/C12H19N3O2.ClH/c1-16-12(4-6-13-7-5-12)11-14-10(15-17-11)8-9-2-3-9;/h9,13H,2-8H2,1H3;1H. The van der Waals surface area contributed by atoms with E-state index in [1.807, 2.05) is 0 Å². The monoisotopic (exact) mass is 273 g/mol. The minimum Gasteiger partial charge on any atom is -0.368 e. The lowest BCUT2D eigenvalue weighted by molar-refractivity contribution is -0.0622. The number of hydrogen-bond acceptors (Lipinski definition) is 5. The number of methoxy groups -OCH3 is 1. The van der Waals surface area contributed by atoms with Crippen molar-refractivity contribution >= 4 is 12.4 Å². The summed E-state index contributed by atoms with van der Waals surface area (Å²) in [7, 11) is 1.73. The van der Waals surface area contributed by atoms with E-state index in [0.29, 0.717) is 5.89 Å². The molecule has 1 N–H and O–H groups in total. The third-order valence-electron chi connectivity index (χ3n) is 3.83. The second kappa shape index (κ2) is 5.55. The van der Waals surface area contributed by atoms with E-state index in [0.717, 1.165) is 44.1 Å². The Morgan fingerprint density at radius 1 is 1.39 bits per heavy atom. The molecule has 18 heavy (non-hydrogen) atoms. The van der Waals surface area contributed by atoms with Gasteiger partial charge in [0.1, 0.15) is 5.60 Å². The van der Waals surface area contributed by atoms with Crippen molar-refractivity contribution in [1.82, 2.24) is 15.5 Å². The van der Waals surface area contributed by atoms with E-state index in [9.17, 15) is 0 Å². The number of nitrogens with zero attached hydrogens (tertiary/aromatic N) is 2. The maximum absolute atomic E-state index is 5.66. The smallest absolute Gasteiger partial charge is 0.258 e. The summed E-state index contributed by atoms with van der Waals surface area (Å²) < 4.78 is 11.1. The minimum atomic E-state index is -0.361. The van der Waals surface area contributed by atoms with Gasteiger partial charge >= 0.3 is 0 Å². The first kappa shape index (κ1) is 13.8. The molecule has 1 aromatic rings. The van der Waals surface area contributed by atoms with Gasteiger partial charge in [0, 0.05) is 13.5 Å². The molecule has 2 fully saturated rings. The zero-order valence-electron chi connectivity index (χ0n) is 10.6. The molecule has 1 aromatic heterocycles. The van der Waals surface area contributed by atoms with E-state index in [1.165, 1.54) is 12.8 Å². The van der Waals surface area contributed by atoms with Gasteiger partial charge in [-0.05, 0) is 44.7 Å². The molecule has 5 nitrogen and oxygen atoms in total. The van der Waals surface area contributed by atoms with E-state index >= 15 is 0 Å². The third kappa shape index (κ3) is 2.68. The molecule has 1 saturated heterocycles. The van der Waals surface area contributed by atoms with Gasteiger partial charge in [-0.15, -0.1) is 12.4 Å². The highest BCUT2D eigenvalue weighted by molar-refractivity contribution is 5.85. The van der Waals surface area contributed by atoms with Gasteiger partial charge in [0.15, 0.2) is 5.82 Å². The molecule has 0 amide bonds. The van der Waals surface area contributed by atoms with Crippen LogP contribution >= 0.6 is 12.4 Å². The Balaban J connectivity index is 0.00000120. The normalized spacial score (nSPS) is 22.5. The predicted octanol–water partition coefficient (Wildman–Crippen LogP) is 1.67. The summed E-state index contributed by atoms with van der Waals surface area (Å²) in [5.41, 5.74) is -0.361. The predicted molar refractivity (Wildman–Crippen MR) is 68.8 cm³/mol. The van der Waals surface area contributed by atoms with Gasteiger partial charge < -0.3 is 14.6 Å². The highest BCUT2D eigenvalue weighted by Gasteiger charge is 2.39. The summed E-state index contributed by atoms with van der Waals surface area (Å²) >= 11 is 0. The molecule has 2 heterocycles. The van der Waals surface area contributed by atoms with Crippen molar-refractivity contribution in [3.05, 3.63) is 11.7 Å². The van der Waals surface area contributed by atoms with Crippen LogP contribution in [0.3, 0.4) is 0 Å². The molecular formula is C12H20ClN3O2. The highest BCUT2D eigenvalue weighted by Crippen LogP contribution is 2.35. The first-order valence-electron chi connectivity index (χ1n) is 6.41. The number of ether oxygens (including phenoxy) is 1. The Morgan fingerprint density at radius 2 is 2.11 bits per heavy atom. The molecule has 1 aliphatic heterocycles. The summed E-state index contributed by atoms with van der Waals surface area (Å²) in [6, 6.07) is 0. The third-order valence-corrected chi connectivity index (χ3v) is 3.83. The number of hydrogen-bond donors (Lipinski definition) is 1. The average Bonchev–Trinajstić information content (AvgIpc) is 3.06. The van der Waals surface area contributed by atoms with Crippen molar-refractivity contribution in [3.8, 4) is 0 Å². The van der Waals surface area contributed by atoms with Crippen molar-refractivity contribution < 1.29 is 9.26 Å². The van der Waals surface area contributed by atoms with Gasteiger partial charge in [-0.25, -0.2) is 0 Å². The number of aromatic nitrogens is 2. The largest absolute Gasteiger partial charge is 0.368 e. The molecule has 3 rings (SSSR count). The van der Waals surface area contributed by atoms with E-state index < -0.39 is 0 Å². The lowest BCUT2D eigenvalue weighted by Gasteiger charge is -2.32. The summed E-state index contributed by atoms with van der Waals surface area (Å²) in [4.78, 5) is 4.53. The van der Waals surface area contributed by atoms with Crippen LogP contribution in [0.4, 0.5) is 0 Å². The Labute approximate surface area is 113 Å². The summed E-state index contributed by atoms with van der Waals surface area (Å²) in [5.74, 6) is 2.29. The second-order valence-electron chi connectivity index (χ2n) is 5.11. The van der Waals surface area contributed by atoms with Crippen LogP contribution < -0.4 is 5.32 Å². The first-order chi connectivity index (χ1) is 8.32. The Bertz CT molecular complexity index is 386. The lowest BCUT2D eigenvalue weighted by Crippen LogP contribution is -2.41. The average molecular weight is 274 g/mol. The van der Waals surface area contributed by atoms with Gasteiger partial charge in [0.25, 0.3) is 5.89 Å². The van der Waals surface area contributed by atoms with Gasteiger partial charge in [0.2, 0.25) is 0 Å². The maximum Gasteiger partial charge on any atom is 0.258 e. The quantitative estimate of drug-likeness (QED) is 0.904. The number of piperidine rings is 1. The molecular weight excluding hydrogens is 254 g/mol.